The van der Waals surface area contributed by atoms with Crippen molar-refractivity contribution in [2.24, 2.45) is 5.92 Å². The first kappa shape index (κ1) is 23.4. The third-order valence-electron chi connectivity index (χ3n) is 6.41. The summed E-state index contributed by atoms with van der Waals surface area (Å²) in [7, 11) is 3.21. The van der Waals surface area contributed by atoms with Gasteiger partial charge in [-0.25, -0.2) is 0 Å². The fourth-order valence-corrected chi connectivity index (χ4v) is 4.83. The van der Waals surface area contributed by atoms with Crippen molar-refractivity contribution in [3.8, 4) is 11.5 Å². The number of aromatic nitrogens is 1. The second-order valence-corrected chi connectivity index (χ2v) is 8.28. The van der Waals surface area contributed by atoms with E-state index < -0.39 is 0 Å². The molecule has 0 radical (unpaired) electrons. The van der Waals surface area contributed by atoms with Crippen LogP contribution < -0.4 is 20.3 Å². The summed E-state index contributed by atoms with van der Waals surface area (Å²) in [6.07, 6.45) is 6.85. The quantitative estimate of drug-likeness (QED) is 0.599. The van der Waals surface area contributed by atoms with E-state index in [2.05, 4.69) is 10.3 Å². The number of hydrogen-bond acceptors (Lipinski definition) is 5. The number of H-pyrrole nitrogens is 1. The molecule has 6 nitrogen and oxygen atoms in total. The maximum Gasteiger partial charge on any atom is 0.248 e. The molecule has 0 saturated heterocycles. The van der Waals surface area contributed by atoms with E-state index in [1.54, 1.807) is 20.3 Å². The summed E-state index contributed by atoms with van der Waals surface area (Å²) in [6, 6.07) is 7.65. The average molecular weight is 447 g/mol. The lowest BCUT2D eigenvalue weighted by atomic mass is 9.91. The number of nitrogens with one attached hydrogen (secondary N) is 2. The van der Waals surface area contributed by atoms with Crippen molar-refractivity contribution in [1.82, 2.24) is 10.3 Å². The zero-order valence-electron chi connectivity index (χ0n) is 18.2. The molecule has 2 N–H and O–H groups in total. The van der Waals surface area contributed by atoms with Gasteiger partial charge < -0.3 is 19.8 Å². The molecule has 0 spiro atoms. The van der Waals surface area contributed by atoms with E-state index in [9.17, 15) is 9.59 Å². The van der Waals surface area contributed by atoms with E-state index in [1.807, 2.05) is 18.2 Å². The van der Waals surface area contributed by atoms with E-state index in [0.717, 1.165) is 68.3 Å². The fourth-order valence-electron chi connectivity index (χ4n) is 4.83. The number of ether oxygens (including phenoxy) is 2. The van der Waals surface area contributed by atoms with Crippen LogP contribution in [0.3, 0.4) is 0 Å². The first-order valence-electron chi connectivity index (χ1n) is 10.8. The van der Waals surface area contributed by atoms with Crippen molar-refractivity contribution in [1.29, 1.82) is 0 Å². The lowest BCUT2D eigenvalue weighted by Gasteiger charge is -2.26. The summed E-state index contributed by atoms with van der Waals surface area (Å²) < 4.78 is 10.7. The molecule has 0 amide bonds. The third kappa shape index (κ3) is 4.96. The summed E-state index contributed by atoms with van der Waals surface area (Å²) in [6.45, 7) is 0.915. The number of aromatic amines is 1. The van der Waals surface area contributed by atoms with Crippen molar-refractivity contribution in [3.05, 3.63) is 57.0 Å². The Balaban J connectivity index is 0.00000272. The minimum absolute atomic E-state index is 0. The zero-order chi connectivity index (χ0) is 21.1. The topological polar surface area (TPSA) is 80.4 Å². The molecule has 7 heteroatoms. The molecule has 2 atom stereocenters. The van der Waals surface area contributed by atoms with Crippen LogP contribution >= 0.6 is 12.4 Å². The number of halogens is 1. The van der Waals surface area contributed by atoms with Gasteiger partial charge in [0.25, 0.3) is 0 Å². The maximum atomic E-state index is 12.8. The summed E-state index contributed by atoms with van der Waals surface area (Å²) in [5.41, 5.74) is 4.13. The second-order valence-electron chi connectivity index (χ2n) is 8.28. The van der Waals surface area contributed by atoms with Gasteiger partial charge in [-0.15, -0.1) is 12.4 Å². The molecule has 31 heavy (non-hydrogen) atoms. The number of Topliss-reactive ketones (excluding diaryl/α,β-unsaturated/α-hetero) is 1. The number of fused-ring (bicyclic) bond motifs is 2. The second kappa shape index (κ2) is 10.3. The van der Waals surface area contributed by atoms with Crippen molar-refractivity contribution < 1.29 is 14.3 Å². The first-order valence-corrected chi connectivity index (χ1v) is 10.8. The molecular weight excluding hydrogens is 416 g/mol. The van der Waals surface area contributed by atoms with E-state index in [1.165, 1.54) is 5.56 Å². The molecule has 1 heterocycles. The summed E-state index contributed by atoms with van der Waals surface area (Å²) in [5.74, 6) is 1.58. The number of carbonyl (C=O) groups is 1. The van der Waals surface area contributed by atoms with Crippen LogP contribution in [0.1, 0.15) is 65.3 Å². The lowest BCUT2D eigenvalue weighted by molar-refractivity contribution is 0.0929. The molecule has 2 aliphatic carbocycles. The number of unbranched alkanes of at least 4 members (excludes halogenated alkanes) is 1. The zero-order valence-corrected chi connectivity index (χ0v) is 19.0. The van der Waals surface area contributed by atoms with E-state index in [4.69, 9.17) is 9.47 Å². The van der Waals surface area contributed by atoms with Gasteiger partial charge in [0.1, 0.15) is 0 Å². The van der Waals surface area contributed by atoms with Crippen LogP contribution in [0.5, 0.6) is 11.5 Å². The Bertz CT molecular complexity index is 988. The number of methoxy groups -OCH3 is 2. The number of hydrogen-bond donors (Lipinski definition) is 2. The summed E-state index contributed by atoms with van der Waals surface area (Å²) in [4.78, 5) is 27.3. The van der Waals surface area contributed by atoms with Gasteiger partial charge >= 0.3 is 0 Å². The lowest BCUT2D eigenvalue weighted by Crippen LogP contribution is -2.28. The van der Waals surface area contributed by atoms with E-state index in [0.29, 0.717) is 17.5 Å². The van der Waals surface area contributed by atoms with Gasteiger partial charge in [-0.2, -0.15) is 0 Å². The standard InChI is InChI=1S/C24H30N2O4.ClH/c1-29-21-13-16-12-15(24(28)18(16)14-22(21)30-2)6-3-4-11-25-19-7-5-8-20-17(19)9-10-23(27)26-20;/h9-10,13-15,19,25H,3-8,11-12H2,1-2H3,(H,26,27);1H/t15?,19-;/m0./s1. The van der Waals surface area contributed by atoms with Gasteiger partial charge in [-0.05, 0) is 68.3 Å². The molecule has 2 aliphatic rings. The summed E-state index contributed by atoms with van der Waals surface area (Å²) >= 11 is 0. The predicted octanol–water partition coefficient (Wildman–Crippen LogP) is 4.01. The number of ketones is 1. The highest BCUT2D eigenvalue weighted by Crippen LogP contribution is 2.38. The Morgan fingerprint density at radius 2 is 1.87 bits per heavy atom. The van der Waals surface area contributed by atoms with Gasteiger partial charge in [0.2, 0.25) is 5.56 Å². The van der Waals surface area contributed by atoms with Crippen LogP contribution in [0, 0.1) is 5.92 Å². The van der Waals surface area contributed by atoms with Crippen LogP contribution in [0.15, 0.2) is 29.1 Å². The highest BCUT2D eigenvalue weighted by molar-refractivity contribution is 6.02. The molecule has 4 rings (SSSR count). The molecule has 1 aromatic carbocycles. The van der Waals surface area contributed by atoms with Gasteiger partial charge in [0, 0.05) is 29.3 Å². The molecule has 0 aliphatic heterocycles. The SMILES string of the molecule is COc1cc2c(cc1OC)C(=O)C(CCCCN[C@H]1CCCc3[nH]c(=O)ccc31)C2.Cl. The summed E-state index contributed by atoms with van der Waals surface area (Å²) in [5, 5.41) is 3.64. The normalized spacial score (nSPS) is 19.4. The van der Waals surface area contributed by atoms with Crippen LogP contribution in [0.25, 0.3) is 0 Å². The van der Waals surface area contributed by atoms with Crippen molar-refractivity contribution in [2.75, 3.05) is 20.8 Å². The molecule has 1 unspecified atom stereocenters. The Morgan fingerprint density at radius 3 is 2.65 bits per heavy atom. The highest BCUT2D eigenvalue weighted by Gasteiger charge is 2.31. The van der Waals surface area contributed by atoms with Crippen molar-refractivity contribution >= 4 is 18.2 Å². The fraction of sp³-hybridized carbons (Fsp3) is 0.500. The molecular formula is C24H31ClN2O4. The van der Waals surface area contributed by atoms with Gasteiger partial charge in [0.05, 0.1) is 14.2 Å². The molecule has 168 valence electrons. The Labute approximate surface area is 189 Å². The van der Waals surface area contributed by atoms with Crippen molar-refractivity contribution in [3.63, 3.8) is 0 Å². The van der Waals surface area contributed by atoms with Gasteiger partial charge in [0.15, 0.2) is 17.3 Å². The molecule has 2 aromatic rings. The van der Waals surface area contributed by atoms with Crippen LogP contribution in [0.4, 0.5) is 0 Å². The number of rotatable bonds is 8. The highest BCUT2D eigenvalue weighted by atomic mass is 35.5. The number of aryl methyl sites for hydroxylation is 1. The van der Waals surface area contributed by atoms with Crippen LogP contribution in [0.2, 0.25) is 0 Å². The van der Waals surface area contributed by atoms with E-state index >= 15 is 0 Å². The predicted molar refractivity (Wildman–Crippen MR) is 123 cm³/mol. The van der Waals surface area contributed by atoms with Crippen molar-refractivity contribution in [2.45, 2.75) is 51.0 Å². The third-order valence-corrected chi connectivity index (χ3v) is 6.41. The number of pyridine rings is 1. The smallest absolute Gasteiger partial charge is 0.248 e. The molecule has 1 aromatic heterocycles. The number of benzene rings is 1. The maximum absolute atomic E-state index is 12.8. The molecule has 0 saturated carbocycles. The first-order chi connectivity index (χ1) is 14.6. The largest absolute Gasteiger partial charge is 0.493 e. The van der Waals surface area contributed by atoms with Gasteiger partial charge in [-0.1, -0.05) is 12.5 Å². The Morgan fingerprint density at radius 1 is 1.10 bits per heavy atom. The Kier molecular flexibility index (Phi) is 7.79. The monoisotopic (exact) mass is 446 g/mol. The minimum atomic E-state index is -0.0214. The van der Waals surface area contributed by atoms with Crippen LogP contribution in [-0.4, -0.2) is 31.5 Å². The van der Waals surface area contributed by atoms with E-state index in [-0.39, 0.29) is 29.7 Å². The molecule has 0 bridgehead atoms. The number of carbonyl (C=O) groups excluding carboxylic acids is 1. The van der Waals surface area contributed by atoms with Crippen LogP contribution in [-0.2, 0) is 12.8 Å². The van der Waals surface area contributed by atoms with Gasteiger partial charge in [-0.3, -0.25) is 9.59 Å². The average Bonchev–Trinajstić information content (AvgIpc) is 3.06. The molecule has 0 fully saturated rings. The Hall–Kier alpha value is -2.31. The minimum Gasteiger partial charge on any atom is -0.493 e.